The zero-order chi connectivity index (χ0) is 19.4. The quantitative estimate of drug-likeness (QED) is 0.513. The third kappa shape index (κ3) is 2.88. The molecule has 0 fully saturated rings. The van der Waals surface area contributed by atoms with Gasteiger partial charge >= 0.3 is 6.18 Å². The third-order valence-electron chi connectivity index (χ3n) is 6.16. The monoisotopic (exact) mass is 348 g/mol. The van der Waals surface area contributed by atoms with Gasteiger partial charge in [0.2, 0.25) is 0 Å². The SMILES string of the molecule is Cc1c(C)c(C)c(-c2c(C)c(C)c(C)c(C(F)(F)F)c2C)c(C)c1C. The molecule has 3 heteroatoms. The van der Waals surface area contributed by atoms with E-state index in [1.807, 2.05) is 20.8 Å². The average molecular weight is 348 g/mol. The Bertz CT molecular complexity index is 840. The number of rotatable bonds is 1. The van der Waals surface area contributed by atoms with Crippen LogP contribution >= 0.6 is 0 Å². The molecule has 0 aliphatic heterocycles. The van der Waals surface area contributed by atoms with Crippen LogP contribution < -0.4 is 0 Å². The van der Waals surface area contributed by atoms with Gasteiger partial charge in [-0.2, -0.15) is 13.2 Å². The molecule has 0 radical (unpaired) electrons. The smallest absolute Gasteiger partial charge is 0.166 e. The molecule has 0 saturated carbocycles. The molecule has 0 amide bonds. The van der Waals surface area contributed by atoms with Gasteiger partial charge in [-0.15, -0.1) is 0 Å². The first-order valence-electron chi connectivity index (χ1n) is 8.57. The van der Waals surface area contributed by atoms with E-state index in [4.69, 9.17) is 0 Å². The number of alkyl halides is 3. The van der Waals surface area contributed by atoms with Crippen LogP contribution in [-0.2, 0) is 6.18 Å². The fourth-order valence-electron chi connectivity index (χ4n) is 4.02. The summed E-state index contributed by atoms with van der Waals surface area (Å²) >= 11 is 0. The maximum Gasteiger partial charge on any atom is 0.416 e. The fourth-order valence-corrected chi connectivity index (χ4v) is 4.02. The Hall–Kier alpha value is -1.77. The number of hydrogen-bond donors (Lipinski definition) is 0. The van der Waals surface area contributed by atoms with Gasteiger partial charge in [0.25, 0.3) is 0 Å². The zero-order valence-corrected chi connectivity index (χ0v) is 16.6. The number of halogens is 3. The summed E-state index contributed by atoms with van der Waals surface area (Å²) in [5, 5.41) is 0. The van der Waals surface area contributed by atoms with Crippen LogP contribution in [0.3, 0.4) is 0 Å². The fraction of sp³-hybridized carbons (Fsp3) is 0.455. The molecule has 0 aromatic heterocycles. The predicted octanol–water partition coefficient (Wildman–Crippen LogP) is 7.15. The second-order valence-electron chi connectivity index (χ2n) is 7.25. The molecule has 0 heterocycles. The van der Waals surface area contributed by atoms with E-state index in [0.29, 0.717) is 11.1 Å². The largest absolute Gasteiger partial charge is 0.416 e. The minimum Gasteiger partial charge on any atom is -0.166 e. The molecule has 0 saturated heterocycles. The van der Waals surface area contributed by atoms with Crippen molar-refractivity contribution in [3.05, 3.63) is 55.6 Å². The molecule has 0 aliphatic rings. The second kappa shape index (κ2) is 6.19. The summed E-state index contributed by atoms with van der Waals surface area (Å²) in [6.45, 7) is 17.1. The molecule has 2 aromatic carbocycles. The Morgan fingerprint density at radius 3 is 1.04 bits per heavy atom. The van der Waals surface area contributed by atoms with Crippen LogP contribution in [0.1, 0.15) is 55.6 Å². The summed E-state index contributed by atoms with van der Waals surface area (Å²) in [6.07, 6.45) is -4.35. The molecule has 0 atom stereocenters. The number of hydrogen-bond acceptors (Lipinski definition) is 0. The highest BCUT2D eigenvalue weighted by Crippen LogP contribution is 2.44. The van der Waals surface area contributed by atoms with Gasteiger partial charge in [-0.05, 0) is 124 Å². The van der Waals surface area contributed by atoms with Crippen LogP contribution in [0.25, 0.3) is 11.1 Å². The highest BCUT2D eigenvalue weighted by Gasteiger charge is 2.37. The van der Waals surface area contributed by atoms with E-state index in [1.54, 1.807) is 20.8 Å². The minimum absolute atomic E-state index is 0.335. The van der Waals surface area contributed by atoms with Crippen LogP contribution in [0.4, 0.5) is 13.2 Å². The Morgan fingerprint density at radius 1 is 0.400 bits per heavy atom. The first kappa shape index (κ1) is 19.6. The van der Waals surface area contributed by atoms with Crippen molar-refractivity contribution in [3.8, 4) is 11.1 Å². The van der Waals surface area contributed by atoms with Crippen LogP contribution in [0.5, 0.6) is 0 Å². The third-order valence-corrected chi connectivity index (χ3v) is 6.16. The van der Waals surface area contributed by atoms with Crippen LogP contribution in [0, 0.1) is 62.3 Å². The van der Waals surface area contributed by atoms with E-state index < -0.39 is 11.7 Å². The maximum absolute atomic E-state index is 13.7. The summed E-state index contributed by atoms with van der Waals surface area (Å²) in [5.74, 6) is 0. The van der Waals surface area contributed by atoms with Crippen LogP contribution in [0.15, 0.2) is 0 Å². The molecule has 136 valence electrons. The van der Waals surface area contributed by atoms with Crippen molar-refractivity contribution < 1.29 is 13.2 Å². The van der Waals surface area contributed by atoms with Crippen molar-refractivity contribution in [2.24, 2.45) is 0 Å². The molecule has 0 unspecified atom stereocenters. The molecular formula is C22H27F3. The van der Waals surface area contributed by atoms with Gasteiger partial charge in [0, 0.05) is 0 Å². The lowest BCUT2D eigenvalue weighted by Gasteiger charge is -2.26. The Morgan fingerprint density at radius 2 is 0.680 bits per heavy atom. The summed E-state index contributed by atoms with van der Waals surface area (Å²) in [4.78, 5) is 0. The lowest BCUT2D eigenvalue weighted by molar-refractivity contribution is -0.138. The van der Waals surface area contributed by atoms with Crippen molar-refractivity contribution >= 4 is 0 Å². The molecule has 2 aromatic rings. The number of benzene rings is 2. The van der Waals surface area contributed by atoms with Crippen LogP contribution in [0.2, 0.25) is 0 Å². The Kier molecular flexibility index (Phi) is 4.84. The first-order valence-corrected chi connectivity index (χ1v) is 8.57. The van der Waals surface area contributed by atoms with E-state index in [9.17, 15) is 13.2 Å². The van der Waals surface area contributed by atoms with Crippen molar-refractivity contribution in [2.75, 3.05) is 0 Å². The normalized spacial score (nSPS) is 12.0. The van der Waals surface area contributed by atoms with Crippen LogP contribution in [-0.4, -0.2) is 0 Å². The molecule has 0 bridgehead atoms. The van der Waals surface area contributed by atoms with Gasteiger partial charge in [-0.1, -0.05) is 0 Å². The standard InChI is InChI=1S/C22H27F3/c1-10-11(2)14(5)19(15(6)12(10)3)20-16(7)13(4)17(8)21(18(20)9)22(23,24)25/h1-9H3. The van der Waals surface area contributed by atoms with Crippen molar-refractivity contribution in [3.63, 3.8) is 0 Å². The van der Waals surface area contributed by atoms with E-state index in [-0.39, 0.29) is 0 Å². The van der Waals surface area contributed by atoms with Crippen molar-refractivity contribution in [1.82, 2.24) is 0 Å². The van der Waals surface area contributed by atoms with Gasteiger partial charge in [-0.3, -0.25) is 0 Å². The highest BCUT2D eigenvalue weighted by molar-refractivity contribution is 5.81. The summed E-state index contributed by atoms with van der Waals surface area (Å²) in [6, 6.07) is 0. The summed E-state index contributed by atoms with van der Waals surface area (Å²) in [7, 11) is 0. The molecule has 0 spiro atoms. The lowest BCUT2D eigenvalue weighted by atomic mass is 9.79. The lowest BCUT2D eigenvalue weighted by Crippen LogP contribution is -2.14. The van der Waals surface area contributed by atoms with Gasteiger partial charge in [0.05, 0.1) is 5.56 Å². The zero-order valence-electron chi connectivity index (χ0n) is 16.6. The van der Waals surface area contributed by atoms with E-state index in [0.717, 1.165) is 44.5 Å². The molecule has 0 N–H and O–H groups in total. The van der Waals surface area contributed by atoms with Gasteiger partial charge in [0.15, 0.2) is 0 Å². The maximum atomic E-state index is 13.7. The minimum atomic E-state index is -4.35. The first-order chi connectivity index (χ1) is 11.3. The Balaban J connectivity index is 3.09. The van der Waals surface area contributed by atoms with E-state index >= 15 is 0 Å². The Labute approximate surface area is 149 Å². The molecule has 25 heavy (non-hydrogen) atoms. The second-order valence-corrected chi connectivity index (χ2v) is 7.25. The molecular weight excluding hydrogens is 321 g/mol. The molecule has 0 nitrogen and oxygen atoms in total. The van der Waals surface area contributed by atoms with Gasteiger partial charge < -0.3 is 0 Å². The predicted molar refractivity (Wildman–Crippen MR) is 99.5 cm³/mol. The van der Waals surface area contributed by atoms with E-state index in [2.05, 4.69) is 20.8 Å². The van der Waals surface area contributed by atoms with Gasteiger partial charge in [0.1, 0.15) is 0 Å². The topological polar surface area (TPSA) is 0 Å². The van der Waals surface area contributed by atoms with E-state index in [1.165, 1.54) is 5.56 Å². The summed E-state index contributed by atoms with van der Waals surface area (Å²) in [5.41, 5.74) is 9.23. The van der Waals surface area contributed by atoms with Gasteiger partial charge in [-0.25, -0.2) is 0 Å². The summed E-state index contributed by atoms with van der Waals surface area (Å²) < 4.78 is 41.2. The van der Waals surface area contributed by atoms with Crippen molar-refractivity contribution in [1.29, 1.82) is 0 Å². The van der Waals surface area contributed by atoms with Crippen molar-refractivity contribution in [2.45, 2.75) is 68.5 Å². The molecule has 0 aliphatic carbocycles. The molecule has 2 rings (SSSR count). The average Bonchev–Trinajstić information content (AvgIpc) is 2.51. The highest BCUT2D eigenvalue weighted by atomic mass is 19.4.